The van der Waals surface area contributed by atoms with Gasteiger partial charge < -0.3 is 31.4 Å². The minimum atomic E-state index is -2.98. The van der Waals surface area contributed by atoms with E-state index < -0.39 is 8.25 Å². The topological polar surface area (TPSA) is 102 Å². The second-order valence-corrected chi connectivity index (χ2v) is 8.45. The molecule has 1 radical (unpaired) electrons. The Morgan fingerprint density at radius 2 is 1.26 bits per heavy atom. The van der Waals surface area contributed by atoms with E-state index in [1.807, 2.05) is 0 Å². The fourth-order valence-corrected chi connectivity index (χ4v) is 3.33. The van der Waals surface area contributed by atoms with Crippen LogP contribution >= 0.6 is 8.25 Å². The van der Waals surface area contributed by atoms with Crippen molar-refractivity contribution in [3.05, 3.63) is 6.92 Å². The molecule has 0 fully saturated rings. The average Bonchev–Trinajstić information content (AvgIpc) is 2.73. The van der Waals surface area contributed by atoms with Crippen LogP contribution in [0.1, 0.15) is 116 Å². The van der Waals surface area contributed by atoms with E-state index >= 15 is 0 Å². The number of hydrogen-bond acceptors (Lipinski definition) is 6. The van der Waals surface area contributed by atoms with Gasteiger partial charge in [0.05, 0.1) is 13.2 Å². The van der Waals surface area contributed by atoms with Crippen molar-refractivity contribution in [2.24, 2.45) is 5.73 Å². The van der Waals surface area contributed by atoms with E-state index in [0.717, 1.165) is 12.8 Å². The van der Waals surface area contributed by atoms with Gasteiger partial charge >= 0.3 is 5.97 Å². The Kier molecular flexibility index (Phi) is 37.1. The molecule has 0 aliphatic heterocycles. The van der Waals surface area contributed by atoms with E-state index in [1.54, 1.807) is 0 Å². The summed E-state index contributed by atoms with van der Waals surface area (Å²) in [7, 11) is -2.98. The van der Waals surface area contributed by atoms with Crippen LogP contribution in [-0.2, 0) is 35.4 Å². The van der Waals surface area contributed by atoms with Gasteiger partial charge in [0.15, 0.2) is 0 Å². The molecule has 2 N–H and O–H groups in total. The summed E-state index contributed by atoms with van der Waals surface area (Å²) in [6, 6.07) is 0. The fraction of sp³-hybridized carbons (Fsp3) is 0.913. The molecule has 31 heavy (non-hydrogen) atoms. The summed E-state index contributed by atoms with van der Waals surface area (Å²) in [5.41, 5.74) is 4.89. The number of nitrogens with two attached hydrogens (primary N) is 1. The summed E-state index contributed by atoms with van der Waals surface area (Å²) in [6.07, 6.45) is 21.5. The van der Waals surface area contributed by atoms with Gasteiger partial charge in [-0.2, -0.15) is 0 Å². The van der Waals surface area contributed by atoms with Crippen LogP contribution in [0.3, 0.4) is 0 Å². The van der Waals surface area contributed by atoms with E-state index in [2.05, 4.69) is 18.4 Å². The maximum absolute atomic E-state index is 11.3. The molecule has 0 saturated heterocycles. The van der Waals surface area contributed by atoms with Crippen molar-refractivity contribution in [1.29, 1.82) is 0 Å². The van der Waals surface area contributed by atoms with Gasteiger partial charge in [-0.25, -0.2) is 0 Å². The molecule has 0 aromatic heterocycles. The van der Waals surface area contributed by atoms with Crippen LogP contribution in [0, 0.1) is 6.92 Å². The van der Waals surface area contributed by atoms with Gasteiger partial charge in [0.2, 0.25) is 0 Å². The summed E-state index contributed by atoms with van der Waals surface area (Å²) in [6.45, 7) is 6.75. The van der Waals surface area contributed by atoms with E-state index in [-0.39, 0.29) is 35.9 Å². The van der Waals surface area contributed by atoms with Crippen molar-refractivity contribution in [1.82, 2.24) is 0 Å². The van der Waals surface area contributed by atoms with Gasteiger partial charge in [0.25, 0.3) is 0 Å². The van der Waals surface area contributed by atoms with Crippen molar-refractivity contribution in [3.8, 4) is 0 Å². The van der Waals surface area contributed by atoms with Gasteiger partial charge in [0, 0.05) is 29.7 Å². The molecule has 6 nitrogen and oxygen atoms in total. The predicted molar refractivity (Wildman–Crippen MR) is 124 cm³/mol. The maximum Gasteiger partial charge on any atom is 0.305 e. The third-order valence-corrected chi connectivity index (χ3v) is 5.17. The Balaban J connectivity index is -0.000000840. The summed E-state index contributed by atoms with van der Waals surface area (Å²) in [5.74, 6) is -0.0525. The van der Waals surface area contributed by atoms with Crippen molar-refractivity contribution in [3.63, 3.8) is 0 Å². The molecule has 0 aromatic rings. The quantitative estimate of drug-likeness (QED) is 0.0920. The molecule has 191 valence electrons. The molecular weight excluding hydrogens is 460 g/mol. The first kappa shape index (κ1) is 35.7. The minimum Gasteiger partial charge on any atom is -0.781 e. The standard InChI is InChI=1S/C21H41O2.C2H8NO3P.Co/c1-3-5-6-7-8-9-10-11-12-13-14-15-16-17-18-19-21(22)23-20-4-2;3-1-2-6-7(4)5;/h2-20H2,1H3;7H,1-3H2,(H,4,5);/q-1;;/p-1. The largest absolute Gasteiger partial charge is 0.781 e. The van der Waals surface area contributed by atoms with E-state index in [9.17, 15) is 14.3 Å². The Bertz CT molecular complexity index is 376. The van der Waals surface area contributed by atoms with Crippen LogP contribution < -0.4 is 10.6 Å². The first-order valence-corrected chi connectivity index (χ1v) is 13.3. The number of hydrogen-bond donors (Lipinski definition) is 1. The van der Waals surface area contributed by atoms with Gasteiger partial charge in [-0.3, -0.25) is 4.79 Å². The third-order valence-electron chi connectivity index (χ3n) is 4.73. The Morgan fingerprint density at radius 1 is 0.839 bits per heavy atom. The number of rotatable bonds is 21. The first-order chi connectivity index (χ1) is 14.6. The Morgan fingerprint density at radius 3 is 1.58 bits per heavy atom. The molecular formula is C23H48CoNO5P-2. The maximum atomic E-state index is 11.3. The number of esters is 1. The Labute approximate surface area is 202 Å². The smallest absolute Gasteiger partial charge is 0.305 e. The van der Waals surface area contributed by atoms with E-state index in [4.69, 9.17) is 10.5 Å². The number of unbranched alkanes of at least 4 members (excludes halogenated alkanes) is 14. The monoisotopic (exact) mass is 508 g/mol. The normalized spacial score (nSPS) is 11.2. The van der Waals surface area contributed by atoms with Crippen molar-refractivity contribution in [2.75, 3.05) is 19.8 Å². The van der Waals surface area contributed by atoms with Crippen LogP contribution in [0.4, 0.5) is 0 Å². The van der Waals surface area contributed by atoms with E-state index in [1.165, 1.54) is 83.5 Å². The molecule has 0 bridgehead atoms. The minimum absolute atomic E-state index is 0. The summed E-state index contributed by atoms with van der Waals surface area (Å²) >= 11 is 0. The summed E-state index contributed by atoms with van der Waals surface area (Å²) < 4.78 is 18.6. The molecule has 0 aliphatic rings. The number of carbonyl (C=O) groups excluding carboxylic acids is 1. The summed E-state index contributed by atoms with van der Waals surface area (Å²) in [4.78, 5) is 20.8. The van der Waals surface area contributed by atoms with Crippen molar-refractivity contribution >= 4 is 14.2 Å². The molecule has 0 rings (SSSR count). The first-order valence-electron chi connectivity index (χ1n) is 12.1. The molecule has 0 heterocycles. The molecule has 0 aliphatic carbocycles. The third kappa shape index (κ3) is 37.7. The second kappa shape index (κ2) is 32.3. The van der Waals surface area contributed by atoms with Crippen LogP contribution in [0.5, 0.6) is 0 Å². The molecule has 1 unspecified atom stereocenters. The van der Waals surface area contributed by atoms with Crippen molar-refractivity contribution < 1.29 is 40.3 Å². The van der Waals surface area contributed by atoms with Crippen LogP contribution in [-0.4, -0.2) is 25.7 Å². The van der Waals surface area contributed by atoms with Gasteiger partial charge in [-0.15, -0.1) is 6.42 Å². The van der Waals surface area contributed by atoms with Gasteiger partial charge in [-0.1, -0.05) is 96.8 Å². The zero-order valence-corrected chi connectivity index (χ0v) is 21.8. The zero-order valence-electron chi connectivity index (χ0n) is 19.8. The molecule has 0 saturated carbocycles. The molecule has 0 amide bonds. The predicted octanol–water partition coefficient (Wildman–Crippen LogP) is 5.72. The summed E-state index contributed by atoms with van der Waals surface area (Å²) in [5, 5.41) is 0. The fourth-order valence-electron chi connectivity index (χ4n) is 3.04. The van der Waals surface area contributed by atoms with Gasteiger partial charge in [-0.05, 0) is 6.42 Å². The SMILES string of the molecule is NCCO[PH](=O)[O-].[CH2-]CCOC(=O)CCCCCCCCCCCCCCCCC.[Co]. The second-order valence-electron chi connectivity index (χ2n) is 7.66. The zero-order chi connectivity index (χ0) is 22.7. The van der Waals surface area contributed by atoms with Crippen molar-refractivity contribution in [2.45, 2.75) is 116 Å². The van der Waals surface area contributed by atoms with E-state index in [0.29, 0.717) is 19.4 Å². The van der Waals surface area contributed by atoms with Crippen LogP contribution in [0.15, 0.2) is 0 Å². The Hall–Kier alpha value is 0.0865. The van der Waals surface area contributed by atoms with Crippen LogP contribution in [0.2, 0.25) is 0 Å². The molecule has 8 heteroatoms. The van der Waals surface area contributed by atoms with Gasteiger partial charge in [0.1, 0.15) is 8.25 Å². The average molecular weight is 509 g/mol. The molecule has 0 spiro atoms. The number of ether oxygens (including phenoxy) is 1. The molecule has 0 aromatic carbocycles. The number of carbonyl (C=O) groups is 1. The molecule has 1 atom stereocenters. The van der Waals surface area contributed by atoms with Crippen LogP contribution in [0.25, 0.3) is 0 Å².